The molecule has 2 rings (SSSR count). The molecule has 1 saturated carbocycles. The lowest BCUT2D eigenvalue weighted by Crippen LogP contribution is -2.29. The Morgan fingerprint density at radius 3 is 2.79 bits per heavy atom. The van der Waals surface area contributed by atoms with Gasteiger partial charge >= 0.3 is 0 Å². The van der Waals surface area contributed by atoms with E-state index in [0.29, 0.717) is 12.0 Å². The number of hydrogen-bond donors (Lipinski definition) is 1. The fourth-order valence-electron chi connectivity index (χ4n) is 3.29. The second-order valence-corrected chi connectivity index (χ2v) is 5.72. The van der Waals surface area contributed by atoms with Crippen LogP contribution in [0.3, 0.4) is 0 Å². The maximum Gasteiger partial charge on any atom is 0.122 e. The van der Waals surface area contributed by atoms with Gasteiger partial charge in [0.1, 0.15) is 5.75 Å². The van der Waals surface area contributed by atoms with Crippen LogP contribution in [0.25, 0.3) is 0 Å². The lowest BCUT2D eigenvalue weighted by atomic mass is 9.88. The third kappa shape index (κ3) is 3.73. The molecule has 0 heterocycles. The fourth-order valence-corrected chi connectivity index (χ4v) is 3.29. The van der Waals surface area contributed by atoms with Crippen molar-refractivity contribution in [2.75, 3.05) is 13.7 Å². The Labute approximate surface area is 117 Å². The Morgan fingerprint density at radius 2 is 2.05 bits per heavy atom. The van der Waals surface area contributed by atoms with Crippen LogP contribution in [0.1, 0.15) is 56.1 Å². The van der Waals surface area contributed by atoms with Crippen LogP contribution in [-0.4, -0.2) is 19.7 Å². The number of ether oxygens (including phenoxy) is 1. The quantitative estimate of drug-likeness (QED) is 0.826. The van der Waals surface area contributed by atoms with E-state index in [4.69, 9.17) is 4.74 Å². The third-order valence-corrected chi connectivity index (χ3v) is 4.24. The summed E-state index contributed by atoms with van der Waals surface area (Å²) in [5.41, 5.74) is 2.74. The molecule has 19 heavy (non-hydrogen) atoms. The highest BCUT2D eigenvalue weighted by molar-refractivity contribution is 5.39. The Kier molecular flexibility index (Phi) is 5.26. The number of benzene rings is 1. The predicted octanol–water partition coefficient (Wildman–Crippen LogP) is 4.03. The number of nitrogens with one attached hydrogen (secondary N) is 1. The summed E-state index contributed by atoms with van der Waals surface area (Å²) < 4.78 is 5.57. The van der Waals surface area contributed by atoms with Gasteiger partial charge < -0.3 is 10.1 Å². The first-order valence-corrected chi connectivity index (χ1v) is 7.62. The Hall–Kier alpha value is -1.02. The van der Waals surface area contributed by atoms with E-state index < -0.39 is 0 Å². The standard InChI is InChI=1S/C17H27NO/c1-4-18-15-8-6-5-7-14(12-15)16-11-13(2)9-10-17(16)19-3/h9-11,14-15,18H,4-8,12H2,1-3H3. The maximum absolute atomic E-state index is 5.57. The third-order valence-electron chi connectivity index (χ3n) is 4.24. The molecule has 0 amide bonds. The average molecular weight is 261 g/mol. The molecule has 0 spiro atoms. The molecular weight excluding hydrogens is 234 g/mol. The largest absolute Gasteiger partial charge is 0.496 e. The average Bonchev–Trinajstić information content (AvgIpc) is 2.65. The first-order valence-electron chi connectivity index (χ1n) is 7.62. The van der Waals surface area contributed by atoms with E-state index >= 15 is 0 Å². The van der Waals surface area contributed by atoms with Crippen LogP contribution in [0.15, 0.2) is 18.2 Å². The van der Waals surface area contributed by atoms with Crippen molar-refractivity contribution in [3.8, 4) is 5.75 Å². The van der Waals surface area contributed by atoms with Crippen LogP contribution >= 0.6 is 0 Å². The van der Waals surface area contributed by atoms with Gasteiger partial charge in [-0.2, -0.15) is 0 Å². The van der Waals surface area contributed by atoms with Crippen molar-refractivity contribution in [3.05, 3.63) is 29.3 Å². The molecule has 1 aliphatic rings. The Bertz CT molecular complexity index is 402. The molecule has 1 fully saturated rings. The van der Waals surface area contributed by atoms with Crippen LogP contribution in [-0.2, 0) is 0 Å². The molecule has 1 aliphatic carbocycles. The van der Waals surface area contributed by atoms with Crippen molar-refractivity contribution in [2.45, 2.75) is 57.9 Å². The SMILES string of the molecule is CCNC1CCCCC(c2cc(C)ccc2OC)C1. The maximum atomic E-state index is 5.57. The molecule has 106 valence electrons. The Balaban J connectivity index is 2.20. The van der Waals surface area contributed by atoms with Gasteiger partial charge in [-0.05, 0) is 50.3 Å². The molecule has 2 heteroatoms. The smallest absolute Gasteiger partial charge is 0.122 e. The molecular formula is C17H27NO. The number of rotatable bonds is 4. The van der Waals surface area contributed by atoms with Crippen molar-refractivity contribution in [1.29, 1.82) is 0 Å². The van der Waals surface area contributed by atoms with Gasteiger partial charge in [0.25, 0.3) is 0 Å². The molecule has 2 atom stereocenters. The minimum atomic E-state index is 0.640. The molecule has 0 saturated heterocycles. The van der Waals surface area contributed by atoms with E-state index in [-0.39, 0.29) is 0 Å². The van der Waals surface area contributed by atoms with Crippen molar-refractivity contribution in [2.24, 2.45) is 0 Å². The van der Waals surface area contributed by atoms with E-state index in [1.807, 2.05) is 0 Å². The van der Waals surface area contributed by atoms with E-state index in [1.54, 1.807) is 7.11 Å². The van der Waals surface area contributed by atoms with E-state index in [2.05, 4.69) is 37.4 Å². The highest BCUT2D eigenvalue weighted by Gasteiger charge is 2.23. The van der Waals surface area contributed by atoms with Crippen LogP contribution in [0.2, 0.25) is 0 Å². The van der Waals surface area contributed by atoms with Crippen LogP contribution in [0.4, 0.5) is 0 Å². The molecule has 0 bridgehead atoms. The monoisotopic (exact) mass is 261 g/mol. The summed E-state index contributed by atoms with van der Waals surface area (Å²) in [5, 5.41) is 3.64. The molecule has 1 aromatic rings. The van der Waals surface area contributed by atoms with Crippen molar-refractivity contribution >= 4 is 0 Å². The van der Waals surface area contributed by atoms with E-state index in [0.717, 1.165) is 12.3 Å². The molecule has 0 aliphatic heterocycles. The van der Waals surface area contributed by atoms with Crippen LogP contribution < -0.4 is 10.1 Å². The van der Waals surface area contributed by atoms with Gasteiger partial charge in [0.05, 0.1) is 7.11 Å². The number of hydrogen-bond acceptors (Lipinski definition) is 2. The zero-order chi connectivity index (χ0) is 13.7. The van der Waals surface area contributed by atoms with Crippen LogP contribution in [0.5, 0.6) is 5.75 Å². The molecule has 2 nitrogen and oxygen atoms in total. The van der Waals surface area contributed by atoms with Gasteiger partial charge in [-0.15, -0.1) is 0 Å². The summed E-state index contributed by atoms with van der Waals surface area (Å²) in [7, 11) is 1.78. The first kappa shape index (κ1) is 14.4. The lowest BCUT2D eigenvalue weighted by Gasteiger charge is -2.23. The summed E-state index contributed by atoms with van der Waals surface area (Å²) in [6, 6.07) is 7.25. The van der Waals surface area contributed by atoms with Crippen LogP contribution in [0, 0.1) is 6.92 Å². The highest BCUT2D eigenvalue weighted by atomic mass is 16.5. The van der Waals surface area contributed by atoms with Gasteiger partial charge in [0, 0.05) is 6.04 Å². The minimum absolute atomic E-state index is 0.640. The zero-order valence-corrected chi connectivity index (χ0v) is 12.5. The molecule has 2 unspecified atom stereocenters. The second-order valence-electron chi connectivity index (χ2n) is 5.72. The predicted molar refractivity (Wildman–Crippen MR) is 81.0 cm³/mol. The van der Waals surface area contributed by atoms with Gasteiger partial charge in [0.15, 0.2) is 0 Å². The molecule has 1 N–H and O–H groups in total. The number of methoxy groups -OCH3 is 1. The zero-order valence-electron chi connectivity index (χ0n) is 12.5. The summed E-state index contributed by atoms with van der Waals surface area (Å²) in [6.07, 6.45) is 6.54. The fraction of sp³-hybridized carbons (Fsp3) is 0.647. The summed E-state index contributed by atoms with van der Waals surface area (Å²) in [4.78, 5) is 0. The minimum Gasteiger partial charge on any atom is -0.496 e. The highest BCUT2D eigenvalue weighted by Crippen LogP contribution is 2.37. The van der Waals surface area contributed by atoms with Gasteiger partial charge in [-0.3, -0.25) is 0 Å². The van der Waals surface area contributed by atoms with Gasteiger partial charge in [-0.1, -0.05) is 37.5 Å². The van der Waals surface area contributed by atoms with Gasteiger partial charge in [0.2, 0.25) is 0 Å². The van der Waals surface area contributed by atoms with Crippen molar-refractivity contribution in [1.82, 2.24) is 5.32 Å². The second kappa shape index (κ2) is 6.95. The van der Waals surface area contributed by atoms with Gasteiger partial charge in [-0.25, -0.2) is 0 Å². The molecule has 0 radical (unpaired) electrons. The first-order chi connectivity index (χ1) is 9.24. The number of aryl methyl sites for hydroxylation is 1. The van der Waals surface area contributed by atoms with Crippen molar-refractivity contribution in [3.63, 3.8) is 0 Å². The normalized spacial score (nSPS) is 23.9. The lowest BCUT2D eigenvalue weighted by molar-refractivity contribution is 0.395. The topological polar surface area (TPSA) is 21.3 Å². The summed E-state index contributed by atoms with van der Waals surface area (Å²) in [6.45, 7) is 5.44. The summed E-state index contributed by atoms with van der Waals surface area (Å²) in [5.74, 6) is 1.70. The van der Waals surface area contributed by atoms with E-state index in [1.165, 1.54) is 43.2 Å². The molecule has 0 aromatic heterocycles. The molecule has 1 aromatic carbocycles. The van der Waals surface area contributed by atoms with Crippen molar-refractivity contribution < 1.29 is 4.74 Å². The summed E-state index contributed by atoms with van der Waals surface area (Å²) >= 11 is 0. The van der Waals surface area contributed by atoms with E-state index in [9.17, 15) is 0 Å². The Morgan fingerprint density at radius 1 is 1.26 bits per heavy atom.